The van der Waals surface area contributed by atoms with Crippen LogP contribution >= 0.6 is 0 Å². The van der Waals surface area contributed by atoms with Gasteiger partial charge in [0.25, 0.3) is 10.0 Å². The molecule has 34 heavy (non-hydrogen) atoms. The lowest BCUT2D eigenvalue weighted by Crippen LogP contribution is -2.59. The molecule has 4 heterocycles. The van der Waals surface area contributed by atoms with Crippen molar-refractivity contribution >= 4 is 10.0 Å². The van der Waals surface area contributed by atoms with Gasteiger partial charge in [0.2, 0.25) is 0 Å². The summed E-state index contributed by atoms with van der Waals surface area (Å²) in [7, 11) is -3.42. The summed E-state index contributed by atoms with van der Waals surface area (Å²) in [6, 6.07) is 5.21. The van der Waals surface area contributed by atoms with E-state index < -0.39 is 21.7 Å². The molecule has 0 saturated carbocycles. The minimum atomic E-state index is -3.42. The number of likely N-dealkylation sites (tertiary alicyclic amines) is 1. The van der Waals surface area contributed by atoms with E-state index in [9.17, 15) is 17.2 Å². The van der Waals surface area contributed by atoms with Crippen LogP contribution in [0.2, 0.25) is 0 Å². The Hall–Kier alpha value is -2.47. The van der Waals surface area contributed by atoms with Crippen molar-refractivity contribution in [2.75, 3.05) is 12.8 Å². The number of hydrogen-bond donors (Lipinski definition) is 1. The SMILES string of the molecule is CC(F)=CC=C(F)CC1C(N)CC(N2Cc3cn(S(C)(=O)=O)nc3C2)CN1Cc1ccccn1. The summed E-state index contributed by atoms with van der Waals surface area (Å²) < 4.78 is 52.2. The summed E-state index contributed by atoms with van der Waals surface area (Å²) in [5.41, 5.74) is 9.07. The summed E-state index contributed by atoms with van der Waals surface area (Å²) in [4.78, 5) is 8.81. The average Bonchev–Trinajstić information content (AvgIpc) is 3.35. The van der Waals surface area contributed by atoms with Gasteiger partial charge in [-0.3, -0.25) is 14.8 Å². The van der Waals surface area contributed by atoms with E-state index in [4.69, 9.17) is 5.73 Å². The first-order valence-electron chi connectivity index (χ1n) is 11.2. The van der Waals surface area contributed by atoms with Crippen LogP contribution in [-0.2, 0) is 29.7 Å². The lowest BCUT2D eigenvalue weighted by Gasteiger charge is -2.45. The van der Waals surface area contributed by atoms with Crippen molar-refractivity contribution in [2.45, 2.75) is 57.5 Å². The third-order valence-electron chi connectivity index (χ3n) is 6.38. The largest absolute Gasteiger partial charge is 0.326 e. The van der Waals surface area contributed by atoms with Gasteiger partial charge in [0.15, 0.2) is 0 Å². The topological polar surface area (TPSA) is 97.3 Å². The molecule has 0 amide bonds. The van der Waals surface area contributed by atoms with Crippen LogP contribution in [0.5, 0.6) is 0 Å². The Morgan fingerprint density at radius 3 is 2.71 bits per heavy atom. The van der Waals surface area contributed by atoms with Crippen molar-refractivity contribution in [1.29, 1.82) is 0 Å². The van der Waals surface area contributed by atoms with E-state index in [1.54, 1.807) is 12.4 Å². The predicted octanol–water partition coefficient (Wildman–Crippen LogP) is 2.49. The number of piperidine rings is 1. The van der Waals surface area contributed by atoms with Gasteiger partial charge in [-0.15, -0.1) is 0 Å². The Morgan fingerprint density at radius 1 is 1.26 bits per heavy atom. The third kappa shape index (κ3) is 5.77. The molecule has 0 aromatic carbocycles. The summed E-state index contributed by atoms with van der Waals surface area (Å²) in [5.74, 6) is -0.877. The Bertz CT molecular complexity index is 1150. The smallest absolute Gasteiger partial charge is 0.250 e. The normalized spacial score (nSPS) is 25.0. The van der Waals surface area contributed by atoms with Gasteiger partial charge < -0.3 is 5.73 Å². The van der Waals surface area contributed by atoms with E-state index >= 15 is 0 Å². The molecule has 3 unspecified atom stereocenters. The number of rotatable bonds is 7. The van der Waals surface area contributed by atoms with E-state index in [0.29, 0.717) is 32.6 Å². The van der Waals surface area contributed by atoms with Crippen LogP contribution in [0.1, 0.15) is 36.7 Å². The lowest BCUT2D eigenvalue weighted by atomic mass is 9.89. The van der Waals surface area contributed by atoms with Crippen molar-refractivity contribution in [3.05, 3.63) is 71.3 Å². The van der Waals surface area contributed by atoms with Gasteiger partial charge in [-0.2, -0.15) is 9.19 Å². The molecule has 184 valence electrons. The lowest BCUT2D eigenvalue weighted by molar-refractivity contribution is 0.0358. The van der Waals surface area contributed by atoms with Gasteiger partial charge in [0.1, 0.15) is 5.83 Å². The number of pyridine rings is 1. The van der Waals surface area contributed by atoms with Crippen LogP contribution in [0.4, 0.5) is 8.78 Å². The molecule has 1 fully saturated rings. The highest BCUT2D eigenvalue weighted by Gasteiger charge is 2.39. The molecule has 2 N–H and O–H groups in total. The average molecular weight is 493 g/mol. The van der Waals surface area contributed by atoms with Gasteiger partial charge in [-0.1, -0.05) is 6.07 Å². The second-order valence-electron chi connectivity index (χ2n) is 9.08. The number of halogens is 2. The molecule has 2 aromatic heterocycles. The number of nitrogens with two attached hydrogens (primary N) is 1. The van der Waals surface area contributed by atoms with Crippen molar-refractivity contribution in [1.82, 2.24) is 24.0 Å². The molecule has 0 aliphatic carbocycles. The van der Waals surface area contributed by atoms with E-state index in [1.807, 2.05) is 18.2 Å². The van der Waals surface area contributed by atoms with Crippen LogP contribution in [0.25, 0.3) is 0 Å². The standard InChI is InChI=1S/C23H30F2N6O2S/c1-16(24)6-7-18(25)9-23-21(26)10-20(14-30(23)13-19-5-3-4-8-27-19)29-11-17-12-31(34(2,32)33)28-22(17)15-29/h3-8,12,20-21,23H,9-11,13-15,26H2,1-2H3. The number of hydrogen-bond acceptors (Lipinski definition) is 7. The van der Waals surface area contributed by atoms with E-state index in [0.717, 1.165) is 39.4 Å². The van der Waals surface area contributed by atoms with Crippen LogP contribution in [0.15, 0.2) is 54.4 Å². The zero-order valence-corrected chi connectivity index (χ0v) is 20.1. The second-order valence-corrected chi connectivity index (χ2v) is 10.9. The summed E-state index contributed by atoms with van der Waals surface area (Å²) in [6.45, 7) is 3.55. The zero-order chi connectivity index (χ0) is 24.5. The van der Waals surface area contributed by atoms with Crippen LogP contribution in [0.3, 0.4) is 0 Å². The zero-order valence-electron chi connectivity index (χ0n) is 19.3. The van der Waals surface area contributed by atoms with Gasteiger partial charge in [-0.25, -0.2) is 17.2 Å². The van der Waals surface area contributed by atoms with E-state index in [-0.39, 0.29) is 24.5 Å². The molecule has 0 spiro atoms. The van der Waals surface area contributed by atoms with Crippen LogP contribution in [-0.4, -0.2) is 63.3 Å². The van der Waals surface area contributed by atoms with Gasteiger partial charge in [0, 0.05) is 68.7 Å². The molecule has 2 aromatic rings. The molecule has 1 saturated heterocycles. The number of fused-ring (bicyclic) bond motifs is 1. The summed E-state index contributed by atoms with van der Waals surface area (Å²) in [6.07, 6.45) is 7.45. The minimum Gasteiger partial charge on any atom is -0.326 e. The molecular weight excluding hydrogens is 462 g/mol. The quantitative estimate of drug-likeness (QED) is 0.593. The first-order valence-corrected chi connectivity index (χ1v) is 13.0. The van der Waals surface area contributed by atoms with Gasteiger partial charge in [-0.05, 0) is 37.6 Å². The highest BCUT2D eigenvalue weighted by molar-refractivity contribution is 7.89. The van der Waals surface area contributed by atoms with Crippen LogP contribution < -0.4 is 5.73 Å². The molecule has 0 radical (unpaired) electrons. The fourth-order valence-corrected chi connectivity index (χ4v) is 5.27. The molecule has 4 rings (SSSR count). The van der Waals surface area contributed by atoms with E-state index in [2.05, 4.69) is 19.9 Å². The maximum atomic E-state index is 14.6. The van der Waals surface area contributed by atoms with Crippen molar-refractivity contribution < 1.29 is 17.2 Å². The first-order chi connectivity index (χ1) is 16.1. The Kier molecular flexibility index (Phi) is 7.27. The Labute approximate surface area is 198 Å². The summed E-state index contributed by atoms with van der Waals surface area (Å²) in [5, 5.41) is 4.24. The highest BCUT2D eigenvalue weighted by Crippen LogP contribution is 2.31. The third-order valence-corrected chi connectivity index (χ3v) is 7.25. The molecule has 2 aliphatic rings. The Morgan fingerprint density at radius 2 is 2.06 bits per heavy atom. The van der Waals surface area contributed by atoms with Crippen LogP contribution in [0, 0.1) is 0 Å². The monoisotopic (exact) mass is 492 g/mol. The maximum Gasteiger partial charge on any atom is 0.250 e. The highest BCUT2D eigenvalue weighted by atomic mass is 32.2. The minimum absolute atomic E-state index is 0.0890. The molecule has 8 nitrogen and oxygen atoms in total. The van der Waals surface area contributed by atoms with E-state index in [1.165, 1.54) is 6.92 Å². The predicted molar refractivity (Wildman–Crippen MR) is 125 cm³/mol. The molecule has 0 bridgehead atoms. The number of nitrogens with zero attached hydrogens (tertiary/aromatic N) is 5. The fourth-order valence-electron chi connectivity index (χ4n) is 4.70. The van der Waals surface area contributed by atoms with Gasteiger partial charge >= 0.3 is 0 Å². The molecule has 11 heteroatoms. The molecular formula is C23H30F2N6O2S. The fraction of sp³-hybridized carbons (Fsp3) is 0.478. The number of allylic oxidation sites excluding steroid dienone is 3. The number of aromatic nitrogens is 3. The maximum absolute atomic E-state index is 14.6. The molecule has 3 atom stereocenters. The van der Waals surface area contributed by atoms with Gasteiger partial charge in [0.05, 0.1) is 23.5 Å². The molecule has 2 aliphatic heterocycles. The Balaban J connectivity index is 1.51. The van der Waals surface area contributed by atoms with Crippen molar-refractivity contribution in [2.24, 2.45) is 5.73 Å². The summed E-state index contributed by atoms with van der Waals surface area (Å²) >= 11 is 0. The van der Waals surface area contributed by atoms with Crippen molar-refractivity contribution in [3.8, 4) is 0 Å². The first kappa shape index (κ1) is 24.6. The van der Waals surface area contributed by atoms with Crippen molar-refractivity contribution in [3.63, 3.8) is 0 Å². The second kappa shape index (κ2) is 10.0.